The molecule has 0 saturated carbocycles. The number of rotatable bonds is 13. The van der Waals surface area contributed by atoms with Gasteiger partial charge >= 0.3 is 5.97 Å². The zero-order valence-corrected chi connectivity index (χ0v) is 23.6. The molecule has 0 radical (unpaired) electrons. The molecule has 2 amide bonds. The van der Waals surface area contributed by atoms with Crippen LogP contribution >= 0.6 is 23.2 Å². The van der Waals surface area contributed by atoms with Gasteiger partial charge in [0.2, 0.25) is 11.8 Å². The van der Waals surface area contributed by atoms with Crippen LogP contribution in [0.15, 0.2) is 36.4 Å². The van der Waals surface area contributed by atoms with Gasteiger partial charge in [-0.1, -0.05) is 13.0 Å². The van der Waals surface area contributed by atoms with Crippen molar-refractivity contribution in [3.05, 3.63) is 48.0 Å². The lowest BCUT2D eigenvalue weighted by molar-refractivity contribution is -0.134. The largest absolute Gasteiger partial charge is 0.421 e. The molecule has 3 aromatic rings. The lowest BCUT2D eigenvalue weighted by atomic mass is 10.1. The second kappa shape index (κ2) is 14.1. The lowest BCUT2D eigenvalue weighted by Crippen LogP contribution is -2.43. The molecular weight excluding hydrogens is 548 g/mol. The first-order chi connectivity index (χ1) is 18.7. The number of benzene rings is 2. The number of aromatic nitrogens is 2. The Morgan fingerprint density at radius 2 is 1.87 bits per heavy atom. The molecule has 2 N–H and O–H groups in total. The van der Waals surface area contributed by atoms with Crippen molar-refractivity contribution in [3.63, 3.8) is 0 Å². The number of anilines is 2. The molecule has 0 aliphatic rings. The Labute approximate surface area is 236 Å². The summed E-state index contributed by atoms with van der Waals surface area (Å²) in [6.07, 6.45) is 0.624. The third-order valence-electron chi connectivity index (χ3n) is 6.11. The van der Waals surface area contributed by atoms with Gasteiger partial charge in [-0.3, -0.25) is 14.4 Å². The maximum Gasteiger partial charge on any atom is 0.311 e. The van der Waals surface area contributed by atoms with Crippen LogP contribution in [0.1, 0.15) is 32.5 Å². The van der Waals surface area contributed by atoms with Gasteiger partial charge in [0.05, 0.1) is 16.7 Å². The van der Waals surface area contributed by atoms with Crippen LogP contribution in [-0.4, -0.2) is 58.2 Å². The number of nitrogens with one attached hydrogen (secondary N) is 2. The predicted octanol–water partition coefficient (Wildman–Crippen LogP) is 4.39. The van der Waals surface area contributed by atoms with E-state index in [1.165, 1.54) is 19.1 Å². The number of aryl methyl sites for hydroxylation is 2. The van der Waals surface area contributed by atoms with Crippen molar-refractivity contribution >= 4 is 63.4 Å². The molecular formula is C27H32Cl2FN5O4. The van der Waals surface area contributed by atoms with Crippen molar-refractivity contribution in [2.24, 2.45) is 7.05 Å². The molecule has 0 spiro atoms. The Morgan fingerprint density at radius 1 is 1.15 bits per heavy atom. The summed E-state index contributed by atoms with van der Waals surface area (Å²) in [6, 6.07) is 8.92. The highest BCUT2D eigenvalue weighted by molar-refractivity contribution is 6.18. The molecule has 1 atom stereocenters. The van der Waals surface area contributed by atoms with Crippen LogP contribution in [0.25, 0.3) is 11.0 Å². The monoisotopic (exact) mass is 579 g/mol. The Hall–Kier alpha value is -3.37. The Bertz CT molecular complexity index is 1330. The first kappa shape index (κ1) is 30.2. The van der Waals surface area contributed by atoms with Gasteiger partial charge in [0.1, 0.15) is 11.9 Å². The second-order valence-electron chi connectivity index (χ2n) is 8.85. The van der Waals surface area contributed by atoms with Crippen molar-refractivity contribution in [1.82, 2.24) is 14.9 Å². The van der Waals surface area contributed by atoms with E-state index in [1.54, 1.807) is 6.92 Å². The number of carbonyl (C=O) groups excluding carboxylic acids is 3. The molecule has 1 aromatic heterocycles. The fourth-order valence-electron chi connectivity index (χ4n) is 4.14. The molecule has 0 bridgehead atoms. The van der Waals surface area contributed by atoms with E-state index in [4.69, 9.17) is 32.9 Å². The predicted molar refractivity (Wildman–Crippen MR) is 151 cm³/mol. The van der Waals surface area contributed by atoms with Crippen molar-refractivity contribution in [2.75, 3.05) is 35.1 Å². The number of esters is 1. The van der Waals surface area contributed by atoms with Gasteiger partial charge in [-0.15, -0.1) is 23.2 Å². The average Bonchev–Trinajstić information content (AvgIpc) is 3.22. The fourth-order valence-corrected chi connectivity index (χ4v) is 4.54. The number of para-hydroxylation sites is 1. The van der Waals surface area contributed by atoms with E-state index >= 15 is 0 Å². The standard InChI is InChI=1S/C27H32Cl2FN5O4/c1-4-25(37)39-26-19(30)6-5-7-20(26)33-27(38)21(31-17(2)36)9-11-24-32-22-16-18(8-10-23(22)34(24)3)35(14-12-28)15-13-29/h5-8,10,16,21H,4,9,11-15H2,1-3H3,(H,31,36)(H,33,38)/t21-/m0/s1. The molecule has 3 rings (SSSR count). The molecule has 0 fully saturated rings. The summed E-state index contributed by atoms with van der Waals surface area (Å²) in [5.74, 6) is -1.14. The number of amides is 2. The van der Waals surface area contributed by atoms with E-state index in [-0.39, 0.29) is 24.3 Å². The van der Waals surface area contributed by atoms with Crippen LogP contribution in [0, 0.1) is 5.82 Å². The number of fused-ring (bicyclic) bond motifs is 1. The summed E-state index contributed by atoms with van der Waals surface area (Å²) in [4.78, 5) is 43.6. The molecule has 0 aliphatic heterocycles. The van der Waals surface area contributed by atoms with Crippen LogP contribution in [0.4, 0.5) is 15.8 Å². The van der Waals surface area contributed by atoms with Crippen molar-refractivity contribution in [2.45, 2.75) is 39.2 Å². The number of hydrogen-bond donors (Lipinski definition) is 2. The van der Waals surface area contributed by atoms with E-state index in [9.17, 15) is 18.8 Å². The van der Waals surface area contributed by atoms with E-state index < -0.39 is 29.6 Å². The molecule has 2 aromatic carbocycles. The number of hydrogen-bond acceptors (Lipinski definition) is 6. The van der Waals surface area contributed by atoms with E-state index in [0.717, 1.165) is 28.6 Å². The second-order valence-corrected chi connectivity index (χ2v) is 9.61. The zero-order valence-electron chi connectivity index (χ0n) is 22.1. The highest BCUT2D eigenvalue weighted by atomic mass is 35.5. The third-order valence-corrected chi connectivity index (χ3v) is 6.45. The van der Waals surface area contributed by atoms with Crippen molar-refractivity contribution in [3.8, 4) is 5.75 Å². The number of halogens is 3. The summed E-state index contributed by atoms with van der Waals surface area (Å²) in [5, 5.41) is 5.22. The minimum Gasteiger partial charge on any atom is -0.421 e. The number of carbonyl (C=O) groups is 3. The van der Waals surface area contributed by atoms with Crippen LogP contribution in [0.2, 0.25) is 0 Å². The third kappa shape index (κ3) is 7.83. The van der Waals surface area contributed by atoms with Crippen LogP contribution in [0.5, 0.6) is 5.75 Å². The minimum absolute atomic E-state index is 0.00847. The highest BCUT2D eigenvalue weighted by Gasteiger charge is 2.23. The SMILES string of the molecule is CCC(=O)Oc1c(F)cccc1NC(=O)[C@H](CCc1nc2cc(N(CCCl)CCCl)ccc2n1C)NC(C)=O. The van der Waals surface area contributed by atoms with Gasteiger partial charge < -0.3 is 24.8 Å². The average molecular weight is 580 g/mol. The number of alkyl halides is 2. The minimum atomic E-state index is -0.946. The van der Waals surface area contributed by atoms with Gasteiger partial charge in [-0.05, 0) is 36.8 Å². The van der Waals surface area contributed by atoms with Crippen molar-refractivity contribution < 1.29 is 23.5 Å². The number of imidazole rings is 1. The van der Waals surface area contributed by atoms with E-state index in [0.29, 0.717) is 31.3 Å². The summed E-state index contributed by atoms with van der Waals surface area (Å²) >= 11 is 11.9. The van der Waals surface area contributed by atoms with Crippen molar-refractivity contribution in [1.29, 1.82) is 0 Å². The summed E-state index contributed by atoms with van der Waals surface area (Å²) in [5.41, 5.74) is 2.64. The maximum absolute atomic E-state index is 14.4. The first-order valence-corrected chi connectivity index (χ1v) is 13.6. The lowest BCUT2D eigenvalue weighted by Gasteiger charge is -2.22. The summed E-state index contributed by atoms with van der Waals surface area (Å²) < 4.78 is 21.4. The fraction of sp³-hybridized carbons (Fsp3) is 0.407. The van der Waals surface area contributed by atoms with Crippen LogP contribution < -0.4 is 20.3 Å². The molecule has 0 unspecified atom stereocenters. The topological polar surface area (TPSA) is 106 Å². The van der Waals surface area contributed by atoms with Gasteiger partial charge in [0.15, 0.2) is 11.6 Å². The van der Waals surface area contributed by atoms with Gasteiger partial charge in [-0.25, -0.2) is 9.37 Å². The summed E-state index contributed by atoms with van der Waals surface area (Å²) in [7, 11) is 1.88. The van der Waals surface area contributed by atoms with Gasteiger partial charge in [0, 0.05) is 57.3 Å². The van der Waals surface area contributed by atoms with E-state index in [2.05, 4.69) is 15.5 Å². The maximum atomic E-state index is 14.4. The number of ether oxygens (including phenoxy) is 1. The zero-order chi connectivity index (χ0) is 28.5. The molecule has 39 heavy (non-hydrogen) atoms. The smallest absolute Gasteiger partial charge is 0.311 e. The highest BCUT2D eigenvalue weighted by Crippen LogP contribution is 2.29. The Morgan fingerprint density at radius 3 is 2.51 bits per heavy atom. The molecule has 0 saturated heterocycles. The molecule has 12 heteroatoms. The number of nitrogens with zero attached hydrogens (tertiary/aromatic N) is 3. The molecule has 1 heterocycles. The van der Waals surface area contributed by atoms with Crippen LogP contribution in [0.3, 0.4) is 0 Å². The van der Waals surface area contributed by atoms with Crippen LogP contribution in [-0.2, 0) is 27.9 Å². The Balaban J connectivity index is 1.80. The quantitative estimate of drug-likeness (QED) is 0.177. The normalized spacial score (nSPS) is 11.7. The molecule has 210 valence electrons. The Kier molecular flexibility index (Phi) is 10.9. The van der Waals surface area contributed by atoms with Gasteiger partial charge in [-0.2, -0.15) is 0 Å². The summed E-state index contributed by atoms with van der Waals surface area (Å²) in [6.45, 7) is 4.18. The van der Waals surface area contributed by atoms with E-state index in [1.807, 2.05) is 29.8 Å². The molecule has 0 aliphatic carbocycles. The first-order valence-electron chi connectivity index (χ1n) is 12.6. The van der Waals surface area contributed by atoms with Gasteiger partial charge in [0.25, 0.3) is 0 Å². The molecule has 9 nitrogen and oxygen atoms in total.